The third kappa shape index (κ3) is 5.96. The van der Waals surface area contributed by atoms with Gasteiger partial charge in [0.1, 0.15) is 5.75 Å². The highest BCUT2D eigenvalue weighted by molar-refractivity contribution is 7.89. The molecule has 9 nitrogen and oxygen atoms in total. The fourth-order valence-corrected chi connectivity index (χ4v) is 6.15. The Morgan fingerprint density at radius 3 is 2.24 bits per heavy atom. The molecule has 2 aromatic rings. The molecule has 1 saturated heterocycles. The predicted molar refractivity (Wildman–Crippen MR) is 128 cm³/mol. The maximum absolute atomic E-state index is 13.1. The minimum atomic E-state index is -3.72. The number of sulfonamides is 2. The van der Waals surface area contributed by atoms with Crippen molar-refractivity contribution in [1.82, 2.24) is 13.9 Å². The van der Waals surface area contributed by atoms with Crippen LogP contribution in [0.2, 0.25) is 0 Å². The summed E-state index contributed by atoms with van der Waals surface area (Å²) in [5.74, 6) is -0.0825. The summed E-state index contributed by atoms with van der Waals surface area (Å²) in [6.45, 7) is 3.05. The molecule has 1 amide bonds. The first-order chi connectivity index (χ1) is 16.1. The largest absolute Gasteiger partial charge is 0.494 e. The number of piperidine rings is 1. The van der Waals surface area contributed by atoms with Crippen molar-refractivity contribution >= 4 is 26.0 Å². The summed E-state index contributed by atoms with van der Waals surface area (Å²) in [6, 6.07) is 12.6. The molecule has 0 saturated carbocycles. The zero-order valence-electron chi connectivity index (χ0n) is 19.6. The second-order valence-corrected chi connectivity index (χ2v) is 12.3. The highest BCUT2D eigenvalue weighted by Crippen LogP contribution is 2.25. The van der Waals surface area contributed by atoms with E-state index in [1.165, 1.54) is 42.7 Å². The number of hydrogen-bond donors (Lipinski definition) is 1. The van der Waals surface area contributed by atoms with Gasteiger partial charge in [-0.2, -0.15) is 4.31 Å². The molecule has 34 heavy (non-hydrogen) atoms. The molecular formula is C23H31N3O6S2. The van der Waals surface area contributed by atoms with Crippen LogP contribution in [-0.4, -0.2) is 65.1 Å². The van der Waals surface area contributed by atoms with Crippen LogP contribution in [0.25, 0.3) is 0 Å². The van der Waals surface area contributed by atoms with Gasteiger partial charge in [0.15, 0.2) is 0 Å². The van der Waals surface area contributed by atoms with Crippen molar-refractivity contribution in [1.29, 1.82) is 0 Å². The molecule has 1 aliphatic heterocycles. The summed E-state index contributed by atoms with van der Waals surface area (Å²) in [6.07, 6.45) is 1.19. The Morgan fingerprint density at radius 2 is 1.65 bits per heavy atom. The van der Waals surface area contributed by atoms with Crippen molar-refractivity contribution in [2.75, 3.05) is 33.8 Å². The summed E-state index contributed by atoms with van der Waals surface area (Å²) < 4.78 is 58.3. The van der Waals surface area contributed by atoms with Crippen LogP contribution in [0.1, 0.15) is 25.3 Å². The quantitative estimate of drug-likeness (QED) is 0.554. The molecule has 1 atom stereocenters. The lowest BCUT2D eigenvalue weighted by Gasteiger charge is -2.31. The molecule has 0 spiro atoms. The van der Waals surface area contributed by atoms with E-state index in [0.29, 0.717) is 31.7 Å². The van der Waals surface area contributed by atoms with E-state index in [0.717, 1.165) is 9.87 Å². The second kappa shape index (κ2) is 10.9. The van der Waals surface area contributed by atoms with E-state index < -0.39 is 26.0 Å². The molecule has 0 radical (unpaired) electrons. The normalized spacial score (nSPS) is 17.5. The predicted octanol–water partition coefficient (Wildman–Crippen LogP) is 2.05. The van der Waals surface area contributed by atoms with E-state index in [4.69, 9.17) is 4.74 Å². The number of hydrogen-bond acceptors (Lipinski definition) is 6. The first kappa shape index (κ1) is 26.1. The van der Waals surface area contributed by atoms with Crippen LogP contribution in [0.3, 0.4) is 0 Å². The average Bonchev–Trinajstić information content (AvgIpc) is 2.83. The minimum absolute atomic E-state index is 0.112. The molecule has 1 N–H and O–H groups in total. The summed E-state index contributed by atoms with van der Waals surface area (Å²) in [5.41, 5.74) is 0.751. The number of nitrogens with zero attached hydrogens (tertiary/aromatic N) is 2. The second-order valence-electron chi connectivity index (χ2n) is 8.26. The number of amides is 1. The minimum Gasteiger partial charge on any atom is -0.494 e. The van der Waals surface area contributed by atoms with E-state index in [2.05, 4.69) is 5.32 Å². The molecule has 2 aromatic carbocycles. The molecule has 3 rings (SSSR count). The van der Waals surface area contributed by atoms with Crippen LogP contribution < -0.4 is 10.1 Å². The third-order valence-corrected chi connectivity index (χ3v) is 9.40. The number of nitrogens with one attached hydrogen (secondary N) is 1. The maximum Gasteiger partial charge on any atom is 0.243 e. The average molecular weight is 510 g/mol. The fourth-order valence-electron chi connectivity index (χ4n) is 3.72. The SMILES string of the molecule is CCOc1ccc(S(=O)(=O)N2CCCC(C(=O)NCc3ccc(S(=O)(=O)N(C)C)cc3)C2)cc1. The Bertz CT molecular complexity index is 1190. The van der Waals surface area contributed by atoms with Gasteiger partial charge in [0.2, 0.25) is 26.0 Å². The van der Waals surface area contributed by atoms with Crippen molar-refractivity contribution in [2.45, 2.75) is 36.1 Å². The summed E-state index contributed by atoms with van der Waals surface area (Å²) >= 11 is 0. The van der Waals surface area contributed by atoms with Gasteiger partial charge in [-0.1, -0.05) is 12.1 Å². The van der Waals surface area contributed by atoms with Gasteiger partial charge in [-0.25, -0.2) is 21.1 Å². The van der Waals surface area contributed by atoms with Crippen LogP contribution >= 0.6 is 0 Å². The van der Waals surface area contributed by atoms with E-state index in [-0.39, 0.29) is 28.8 Å². The van der Waals surface area contributed by atoms with Gasteiger partial charge in [0.05, 0.1) is 22.3 Å². The number of ether oxygens (including phenoxy) is 1. The molecule has 0 aliphatic carbocycles. The molecule has 11 heteroatoms. The Labute approximate surface area is 201 Å². The Balaban J connectivity index is 1.61. The summed E-state index contributed by atoms with van der Waals surface area (Å²) in [5, 5.41) is 2.85. The van der Waals surface area contributed by atoms with Gasteiger partial charge in [-0.05, 0) is 61.7 Å². The summed E-state index contributed by atoms with van der Waals surface area (Å²) in [7, 11) is -4.30. The first-order valence-corrected chi connectivity index (χ1v) is 14.0. The van der Waals surface area contributed by atoms with Gasteiger partial charge in [-0.15, -0.1) is 0 Å². The molecule has 1 aliphatic rings. The lowest BCUT2D eigenvalue weighted by Crippen LogP contribution is -2.45. The van der Waals surface area contributed by atoms with E-state index in [1.807, 2.05) is 6.92 Å². The Kier molecular flexibility index (Phi) is 8.34. The number of rotatable bonds is 9. The number of carbonyl (C=O) groups excluding carboxylic acids is 1. The van der Waals surface area contributed by atoms with Crippen molar-refractivity contribution in [3.05, 3.63) is 54.1 Å². The molecule has 1 fully saturated rings. The highest BCUT2D eigenvalue weighted by Gasteiger charge is 2.33. The van der Waals surface area contributed by atoms with E-state index >= 15 is 0 Å². The van der Waals surface area contributed by atoms with Gasteiger partial charge in [-0.3, -0.25) is 4.79 Å². The first-order valence-electron chi connectivity index (χ1n) is 11.1. The van der Waals surface area contributed by atoms with E-state index in [9.17, 15) is 21.6 Å². The van der Waals surface area contributed by atoms with Gasteiger partial charge >= 0.3 is 0 Å². The standard InChI is InChI=1S/C23H31N3O6S2/c1-4-32-20-9-13-22(14-10-20)34(30,31)26-15-5-6-19(17-26)23(27)24-16-18-7-11-21(12-8-18)33(28,29)25(2)3/h7-14,19H,4-6,15-17H2,1-3H3,(H,24,27). The molecule has 1 unspecified atom stereocenters. The van der Waals surface area contributed by atoms with Crippen molar-refractivity contribution in [2.24, 2.45) is 5.92 Å². The van der Waals surface area contributed by atoms with Gasteiger partial charge in [0, 0.05) is 33.7 Å². The molecule has 186 valence electrons. The Hall–Kier alpha value is -2.47. The van der Waals surface area contributed by atoms with Crippen LogP contribution in [0, 0.1) is 5.92 Å². The van der Waals surface area contributed by atoms with E-state index in [1.54, 1.807) is 24.3 Å². The van der Waals surface area contributed by atoms with Crippen molar-refractivity contribution in [3.8, 4) is 5.75 Å². The van der Waals surface area contributed by atoms with Crippen LogP contribution in [0.4, 0.5) is 0 Å². The number of carbonyl (C=O) groups is 1. The molecule has 1 heterocycles. The lowest BCUT2D eigenvalue weighted by atomic mass is 9.99. The molecular weight excluding hydrogens is 478 g/mol. The molecule has 0 bridgehead atoms. The van der Waals surface area contributed by atoms with Crippen molar-refractivity contribution in [3.63, 3.8) is 0 Å². The van der Waals surface area contributed by atoms with Crippen LogP contribution in [0.15, 0.2) is 58.3 Å². The fraction of sp³-hybridized carbons (Fsp3) is 0.435. The lowest BCUT2D eigenvalue weighted by molar-refractivity contribution is -0.126. The third-order valence-electron chi connectivity index (χ3n) is 5.70. The highest BCUT2D eigenvalue weighted by atomic mass is 32.2. The smallest absolute Gasteiger partial charge is 0.243 e. The van der Waals surface area contributed by atoms with Crippen LogP contribution in [-0.2, 0) is 31.4 Å². The van der Waals surface area contributed by atoms with Gasteiger partial charge < -0.3 is 10.1 Å². The monoisotopic (exact) mass is 509 g/mol. The Morgan fingerprint density at radius 1 is 1.03 bits per heavy atom. The molecule has 0 aromatic heterocycles. The zero-order valence-corrected chi connectivity index (χ0v) is 21.2. The zero-order chi connectivity index (χ0) is 24.9. The summed E-state index contributed by atoms with van der Waals surface area (Å²) in [4.78, 5) is 13.1. The number of benzene rings is 2. The maximum atomic E-state index is 13.1. The van der Waals surface area contributed by atoms with Crippen molar-refractivity contribution < 1.29 is 26.4 Å². The van der Waals surface area contributed by atoms with Gasteiger partial charge in [0.25, 0.3) is 0 Å². The topological polar surface area (TPSA) is 113 Å². The van der Waals surface area contributed by atoms with Crippen LogP contribution in [0.5, 0.6) is 5.75 Å².